The maximum atomic E-state index is 11.8. The number of rotatable bonds is 4. The normalized spacial score (nSPS) is 25.8. The first-order valence-electron chi connectivity index (χ1n) is 5.50. The molecule has 0 bridgehead atoms. The summed E-state index contributed by atoms with van der Waals surface area (Å²) < 4.78 is 35.4. The van der Waals surface area contributed by atoms with E-state index >= 15 is 0 Å². The number of alkyl halides is 3. The molecule has 0 aromatic carbocycles. The highest BCUT2D eigenvalue weighted by molar-refractivity contribution is 5.79. The SMILES string of the molecule is NC1CCCC1C(=O)NCCCC(F)(F)F. The van der Waals surface area contributed by atoms with Crippen LogP contribution >= 0.6 is 0 Å². The van der Waals surface area contributed by atoms with Crippen LogP contribution in [-0.4, -0.2) is 24.7 Å². The standard InChI is InChI=1S/C10H17F3N2O/c11-10(12,13)5-2-6-15-9(16)7-3-1-4-8(7)14/h7-8H,1-6,14H2,(H,15,16). The molecule has 0 radical (unpaired) electrons. The van der Waals surface area contributed by atoms with Gasteiger partial charge >= 0.3 is 6.18 Å². The van der Waals surface area contributed by atoms with Crippen molar-refractivity contribution in [3.05, 3.63) is 0 Å². The number of nitrogens with two attached hydrogens (primary N) is 1. The van der Waals surface area contributed by atoms with Crippen LogP contribution in [0.25, 0.3) is 0 Å². The maximum Gasteiger partial charge on any atom is 0.389 e. The third-order valence-corrected chi connectivity index (χ3v) is 2.84. The Morgan fingerprint density at radius 2 is 2.06 bits per heavy atom. The van der Waals surface area contributed by atoms with E-state index in [1.54, 1.807) is 0 Å². The van der Waals surface area contributed by atoms with Crippen molar-refractivity contribution in [3.8, 4) is 0 Å². The molecule has 0 saturated heterocycles. The molecule has 2 unspecified atom stereocenters. The molecule has 0 aliphatic heterocycles. The molecule has 1 aliphatic carbocycles. The molecular weight excluding hydrogens is 221 g/mol. The van der Waals surface area contributed by atoms with E-state index in [0.717, 1.165) is 19.3 Å². The van der Waals surface area contributed by atoms with Crippen molar-refractivity contribution < 1.29 is 18.0 Å². The third kappa shape index (κ3) is 4.38. The lowest BCUT2D eigenvalue weighted by Gasteiger charge is -2.15. The molecule has 0 spiro atoms. The predicted octanol–water partition coefficient (Wildman–Crippen LogP) is 1.57. The minimum absolute atomic E-state index is 0.0710. The van der Waals surface area contributed by atoms with Gasteiger partial charge in [0.05, 0.1) is 5.92 Å². The third-order valence-electron chi connectivity index (χ3n) is 2.84. The van der Waals surface area contributed by atoms with E-state index < -0.39 is 12.6 Å². The summed E-state index contributed by atoms with van der Waals surface area (Å²) in [5, 5.41) is 2.51. The molecule has 16 heavy (non-hydrogen) atoms. The van der Waals surface area contributed by atoms with Gasteiger partial charge < -0.3 is 11.1 Å². The molecule has 3 N–H and O–H groups in total. The van der Waals surface area contributed by atoms with Crippen LogP contribution in [0.4, 0.5) is 13.2 Å². The summed E-state index contributed by atoms with van der Waals surface area (Å²) >= 11 is 0. The van der Waals surface area contributed by atoms with Gasteiger partial charge in [-0.25, -0.2) is 0 Å². The number of carbonyl (C=O) groups is 1. The first kappa shape index (κ1) is 13.3. The number of hydrogen-bond acceptors (Lipinski definition) is 2. The summed E-state index contributed by atoms with van der Waals surface area (Å²) in [6, 6.07) is -0.136. The van der Waals surface area contributed by atoms with Gasteiger partial charge in [0.2, 0.25) is 5.91 Å². The lowest BCUT2D eigenvalue weighted by atomic mass is 10.0. The summed E-state index contributed by atoms with van der Waals surface area (Å²) in [5.41, 5.74) is 5.71. The molecule has 1 saturated carbocycles. The number of amides is 1. The topological polar surface area (TPSA) is 55.1 Å². The number of hydrogen-bond donors (Lipinski definition) is 2. The maximum absolute atomic E-state index is 11.8. The van der Waals surface area contributed by atoms with Crippen molar-refractivity contribution in [1.82, 2.24) is 5.32 Å². The molecule has 1 amide bonds. The van der Waals surface area contributed by atoms with Crippen molar-refractivity contribution >= 4 is 5.91 Å². The minimum atomic E-state index is -4.14. The molecule has 94 valence electrons. The largest absolute Gasteiger partial charge is 0.389 e. The van der Waals surface area contributed by atoms with Crippen LogP contribution in [0.5, 0.6) is 0 Å². The van der Waals surface area contributed by atoms with Gasteiger partial charge in [0.25, 0.3) is 0 Å². The Bertz CT molecular complexity index is 243. The van der Waals surface area contributed by atoms with Crippen LogP contribution in [0.15, 0.2) is 0 Å². The molecule has 6 heteroatoms. The molecule has 3 nitrogen and oxygen atoms in total. The summed E-state index contributed by atoms with van der Waals surface area (Å²) in [6.07, 6.45) is -2.59. The molecule has 0 aromatic heterocycles. The highest BCUT2D eigenvalue weighted by atomic mass is 19.4. The van der Waals surface area contributed by atoms with Crippen molar-refractivity contribution in [2.45, 2.75) is 44.3 Å². The van der Waals surface area contributed by atoms with Gasteiger partial charge in [-0.05, 0) is 19.3 Å². The number of carbonyl (C=O) groups excluding carboxylic acids is 1. The molecule has 1 aliphatic rings. The van der Waals surface area contributed by atoms with E-state index in [0.29, 0.717) is 0 Å². The zero-order chi connectivity index (χ0) is 12.2. The second-order valence-electron chi connectivity index (χ2n) is 4.21. The van der Waals surface area contributed by atoms with Gasteiger partial charge in [-0.3, -0.25) is 4.79 Å². The molecule has 0 heterocycles. The summed E-state index contributed by atoms with van der Waals surface area (Å²) in [7, 11) is 0. The first-order valence-corrected chi connectivity index (χ1v) is 5.50. The van der Waals surface area contributed by atoms with Crippen molar-refractivity contribution in [1.29, 1.82) is 0 Å². The summed E-state index contributed by atoms with van der Waals surface area (Å²) in [6.45, 7) is 0.0710. The van der Waals surface area contributed by atoms with E-state index in [4.69, 9.17) is 5.73 Å². The molecule has 1 rings (SSSR count). The Morgan fingerprint density at radius 3 is 2.56 bits per heavy atom. The number of nitrogens with one attached hydrogen (secondary N) is 1. The summed E-state index contributed by atoms with van der Waals surface area (Å²) in [5.74, 6) is -0.418. The number of halogens is 3. The van der Waals surface area contributed by atoms with Gasteiger partial charge in [0.1, 0.15) is 0 Å². The van der Waals surface area contributed by atoms with E-state index in [-0.39, 0.29) is 30.8 Å². The Hall–Kier alpha value is -0.780. The average molecular weight is 238 g/mol. The fraction of sp³-hybridized carbons (Fsp3) is 0.900. The fourth-order valence-electron chi connectivity index (χ4n) is 1.95. The van der Waals surface area contributed by atoms with E-state index in [1.807, 2.05) is 0 Å². The first-order chi connectivity index (χ1) is 7.40. The highest BCUT2D eigenvalue weighted by Crippen LogP contribution is 2.24. The Labute approximate surface area is 92.6 Å². The van der Waals surface area contributed by atoms with Gasteiger partial charge in [-0.2, -0.15) is 13.2 Å². The van der Waals surface area contributed by atoms with E-state index in [2.05, 4.69) is 5.32 Å². The average Bonchev–Trinajstić information content (AvgIpc) is 2.57. The van der Waals surface area contributed by atoms with E-state index in [1.165, 1.54) is 0 Å². The smallest absolute Gasteiger partial charge is 0.356 e. The summed E-state index contributed by atoms with van der Waals surface area (Å²) in [4.78, 5) is 11.5. The van der Waals surface area contributed by atoms with Gasteiger partial charge in [0, 0.05) is 19.0 Å². The monoisotopic (exact) mass is 238 g/mol. The van der Waals surface area contributed by atoms with Gasteiger partial charge in [0.15, 0.2) is 0 Å². The van der Waals surface area contributed by atoms with Gasteiger partial charge in [-0.15, -0.1) is 0 Å². The van der Waals surface area contributed by atoms with Crippen LogP contribution in [0, 0.1) is 5.92 Å². The quantitative estimate of drug-likeness (QED) is 0.730. The Balaban J connectivity index is 2.15. The lowest BCUT2D eigenvalue weighted by Crippen LogP contribution is -2.39. The predicted molar refractivity (Wildman–Crippen MR) is 53.6 cm³/mol. The van der Waals surface area contributed by atoms with Crippen molar-refractivity contribution in [2.75, 3.05) is 6.54 Å². The second-order valence-corrected chi connectivity index (χ2v) is 4.21. The Kier molecular flexibility index (Phi) is 4.58. The minimum Gasteiger partial charge on any atom is -0.356 e. The van der Waals surface area contributed by atoms with Crippen LogP contribution in [0.2, 0.25) is 0 Å². The molecule has 1 fully saturated rings. The van der Waals surface area contributed by atoms with Crippen LogP contribution < -0.4 is 11.1 Å². The second kappa shape index (κ2) is 5.52. The zero-order valence-corrected chi connectivity index (χ0v) is 9.02. The van der Waals surface area contributed by atoms with Crippen LogP contribution in [0.3, 0.4) is 0 Å². The zero-order valence-electron chi connectivity index (χ0n) is 9.02. The van der Waals surface area contributed by atoms with Crippen molar-refractivity contribution in [3.63, 3.8) is 0 Å². The molecule has 2 atom stereocenters. The van der Waals surface area contributed by atoms with Crippen LogP contribution in [0.1, 0.15) is 32.1 Å². The fourth-order valence-corrected chi connectivity index (χ4v) is 1.95. The molecular formula is C10H17F3N2O. The Morgan fingerprint density at radius 1 is 1.38 bits per heavy atom. The highest BCUT2D eigenvalue weighted by Gasteiger charge is 2.30. The molecule has 0 aromatic rings. The van der Waals surface area contributed by atoms with Crippen LogP contribution in [-0.2, 0) is 4.79 Å². The lowest BCUT2D eigenvalue weighted by molar-refractivity contribution is -0.136. The van der Waals surface area contributed by atoms with Crippen molar-refractivity contribution in [2.24, 2.45) is 11.7 Å². The van der Waals surface area contributed by atoms with E-state index in [9.17, 15) is 18.0 Å². The van der Waals surface area contributed by atoms with Gasteiger partial charge in [-0.1, -0.05) is 6.42 Å².